The normalized spacial score (nSPS) is 23.0. The zero-order valence-electron chi connectivity index (χ0n) is 15.5. The van der Waals surface area contributed by atoms with Crippen molar-refractivity contribution >= 4 is 21.6 Å². The summed E-state index contributed by atoms with van der Waals surface area (Å²) in [5.41, 5.74) is 7.16. The number of nitrogens with one attached hydrogen (secondary N) is 1. The van der Waals surface area contributed by atoms with Gasteiger partial charge in [-0.2, -0.15) is 0 Å². The second kappa shape index (κ2) is 6.17. The van der Waals surface area contributed by atoms with E-state index in [0.717, 1.165) is 49.8 Å². The molecule has 27 heavy (non-hydrogen) atoms. The highest BCUT2D eigenvalue weighted by atomic mass is 32.2. The van der Waals surface area contributed by atoms with Crippen LogP contribution in [0.2, 0.25) is 0 Å². The third-order valence-electron chi connectivity index (χ3n) is 5.99. The molecule has 5 rings (SSSR count). The number of benzene rings is 2. The summed E-state index contributed by atoms with van der Waals surface area (Å²) in [6.07, 6.45) is 6.41. The van der Waals surface area contributed by atoms with Crippen molar-refractivity contribution in [2.75, 3.05) is 12.4 Å². The molecule has 0 bridgehead atoms. The molecule has 2 aromatic carbocycles. The topological polar surface area (TPSA) is 61.8 Å². The van der Waals surface area contributed by atoms with Gasteiger partial charge in [0.1, 0.15) is 9.92 Å². The van der Waals surface area contributed by atoms with E-state index in [1.54, 1.807) is 11.4 Å². The number of hydrogen-bond acceptors (Lipinski definition) is 2. The Morgan fingerprint density at radius 1 is 1.04 bits per heavy atom. The van der Waals surface area contributed by atoms with Gasteiger partial charge in [-0.15, -0.1) is 4.36 Å². The molecular weight excluding hydrogens is 358 g/mol. The van der Waals surface area contributed by atoms with Crippen LogP contribution in [-0.2, 0) is 42.1 Å². The lowest BCUT2D eigenvalue weighted by molar-refractivity contribution is 0.259. The van der Waals surface area contributed by atoms with Gasteiger partial charge in [0, 0.05) is 19.3 Å². The summed E-state index contributed by atoms with van der Waals surface area (Å²) >= 11 is 0. The molecule has 5 nitrogen and oxygen atoms in total. The Bertz CT molecular complexity index is 1050. The first kappa shape index (κ1) is 17.0. The molecule has 3 aliphatic rings. The quantitative estimate of drug-likeness (QED) is 0.809. The first-order chi connectivity index (χ1) is 13.1. The van der Waals surface area contributed by atoms with Gasteiger partial charge in [0.05, 0.1) is 4.90 Å². The van der Waals surface area contributed by atoms with Gasteiger partial charge in [-0.1, -0.05) is 24.3 Å². The fraction of sp³-hybridized carbons (Fsp3) is 0.381. The van der Waals surface area contributed by atoms with Gasteiger partial charge >= 0.3 is 6.03 Å². The lowest BCUT2D eigenvalue weighted by atomic mass is 9.99. The third kappa shape index (κ3) is 2.62. The van der Waals surface area contributed by atoms with E-state index in [4.69, 9.17) is 0 Å². The van der Waals surface area contributed by atoms with Gasteiger partial charge in [0.15, 0.2) is 0 Å². The zero-order valence-corrected chi connectivity index (χ0v) is 16.3. The van der Waals surface area contributed by atoms with E-state index in [9.17, 15) is 9.00 Å². The second-order valence-corrected chi connectivity index (χ2v) is 9.88. The maximum atomic E-state index is 13.5. The minimum Gasteiger partial charge on any atom is -0.305 e. The number of rotatable bonds is 1. The smallest absolute Gasteiger partial charge is 0.305 e. The van der Waals surface area contributed by atoms with E-state index in [1.807, 2.05) is 24.3 Å². The fourth-order valence-corrected chi connectivity index (χ4v) is 6.61. The van der Waals surface area contributed by atoms with Crippen LogP contribution in [0, 0.1) is 0 Å². The van der Waals surface area contributed by atoms with Crippen molar-refractivity contribution in [1.82, 2.24) is 4.31 Å². The molecule has 1 N–H and O–H groups in total. The van der Waals surface area contributed by atoms with Crippen molar-refractivity contribution in [3.63, 3.8) is 0 Å². The molecular formula is C21H23N3O2S. The molecule has 6 heteroatoms. The van der Waals surface area contributed by atoms with E-state index < -0.39 is 15.9 Å². The molecule has 0 fully saturated rings. The van der Waals surface area contributed by atoms with Crippen molar-refractivity contribution in [3.8, 4) is 0 Å². The van der Waals surface area contributed by atoms with E-state index in [1.165, 1.54) is 22.3 Å². The first-order valence-corrected chi connectivity index (χ1v) is 11.1. The number of aryl methyl sites for hydroxylation is 2. The SMILES string of the molecule is CN1Cc2ccccc2S1(=O)=NC(=O)Nc1c2c(cc3c1CCC3)CCC2. The summed E-state index contributed by atoms with van der Waals surface area (Å²) < 4.78 is 19.4. The standard InChI is InChI=1S/C21H23N3O2S/c1-24-13-16-6-2-3-11-19(16)27(24,26)23-21(25)22-20-17-9-4-7-14(17)12-15-8-5-10-18(15)20/h2-3,6,11-12H,4-5,7-10,13H2,1H3,(H,22,25). The molecule has 0 spiro atoms. The Kier molecular flexibility index (Phi) is 3.88. The number of anilines is 1. The number of amides is 2. The van der Waals surface area contributed by atoms with Gasteiger partial charge in [0.25, 0.3) is 0 Å². The Hall–Kier alpha value is -2.18. The Morgan fingerprint density at radius 2 is 1.70 bits per heavy atom. The molecule has 2 aromatic rings. The highest BCUT2D eigenvalue weighted by Crippen LogP contribution is 2.39. The van der Waals surface area contributed by atoms with Crippen LogP contribution in [0.3, 0.4) is 0 Å². The average molecular weight is 382 g/mol. The molecule has 1 heterocycles. The summed E-state index contributed by atoms with van der Waals surface area (Å²) in [5.74, 6) is 0. The predicted octanol–water partition coefficient (Wildman–Crippen LogP) is 4.08. The predicted molar refractivity (Wildman–Crippen MR) is 106 cm³/mol. The molecule has 140 valence electrons. The van der Waals surface area contributed by atoms with E-state index >= 15 is 0 Å². The number of hydrogen-bond donors (Lipinski definition) is 1. The van der Waals surface area contributed by atoms with Crippen molar-refractivity contribution < 1.29 is 9.00 Å². The van der Waals surface area contributed by atoms with Crippen LogP contribution in [0.1, 0.15) is 40.7 Å². The van der Waals surface area contributed by atoms with Crippen molar-refractivity contribution in [2.45, 2.75) is 50.0 Å². The number of urea groups is 1. The molecule has 0 saturated heterocycles. The van der Waals surface area contributed by atoms with Crippen molar-refractivity contribution in [1.29, 1.82) is 0 Å². The number of carbonyl (C=O) groups excluding carboxylic acids is 1. The van der Waals surface area contributed by atoms with Gasteiger partial charge in [-0.3, -0.25) is 0 Å². The Balaban J connectivity index is 1.55. The maximum Gasteiger partial charge on any atom is 0.354 e. The fourth-order valence-electron chi connectivity index (χ4n) is 4.72. The zero-order chi connectivity index (χ0) is 18.6. The maximum absolute atomic E-state index is 13.5. The highest BCUT2D eigenvalue weighted by molar-refractivity contribution is 7.92. The molecule has 1 atom stereocenters. The molecule has 0 aromatic heterocycles. The summed E-state index contributed by atoms with van der Waals surface area (Å²) in [4.78, 5) is 13.5. The molecule has 1 aliphatic heterocycles. The lowest BCUT2D eigenvalue weighted by Gasteiger charge is -2.16. The number of nitrogens with zero attached hydrogens (tertiary/aromatic N) is 2. The minimum atomic E-state index is -2.89. The Morgan fingerprint density at radius 3 is 2.41 bits per heavy atom. The van der Waals surface area contributed by atoms with E-state index in [0.29, 0.717) is 11.4 Å². The van der Waals surface area contributed by atoms with Crippen molar-refractivity contribution in [2.24, 2.45) is 4.36 Å². The van der Waals surface area contributed by atoms with Crippen LogP contribution in [0.4, 0.5) is 10.5 Å². The van der Waals surface area contributed by atoms with Crippen LogP contribution in [0.5, 0.6) is 0 Å². The molecule has 0 radical (unpaired) electrons. The van der Waals surface area contributed by atoms with Crippen LogP contribution >= 0.6 is 0 Å². The number of carbonyl (C=O) groups is 1. The second-order valence-electron chi connectivity index (χ2n) is 7.65. The van der Waals surface area contributed by atoms with Gasteiger partial charge in [-0.25, -0.2) is 13.3 Å². The van der Waals surface area contributed by atoms with E-state index in [-0.39, 0.29) is 0 Å². The average Bonchev–Trinajstić information content (AvgIpc) is 3.35. The Labute approximate surface area is 160 Å². The van der Waals surface area contributed by atoms with Crippen molar-refractivity contribution in [3.05, 3.63) is 58.1 Å². The molecule has 2 aliphatic carbocycles. The largest absolute Gasteiger partial charge is 0.354 e. The summed E-state index contributed by atoms with van der Waals surface area (Å²) in [7, 11) is -1.13. The van der Waals surface area contributed by atoms with Crippen LogP contribution < -0.4 is 5.32 Å². The summed E-state index contributed by atoms with van der Waals surface area (Å²) in [6, 6.07) is 9.37. The van der Waals surface area contributed by atoms with Crippen LogP contribution in [-0.4, -0.2) is 21.6 Å². The van der Waals surface area contributed by atoms with Gasteiger partial charge in [0.2, 0.25) is 0 Å². The summed E-state index contributed by atoms with van der Waals surface area (Å²) in [6.45, 7) is 0.544. The van der Waals surface area contributed by atoms with Gasteiger partial charge < -0.3 is 5.32 Å². The monoisotopic (exact) mass is 381 g/mol. The lowest BCUT2D eigenvalue weighted by Crippen LogP contribution is -2.22. The number of fused-ring (bicyclic) bond motifs is 3. The third-order valence-corrected chi connectivity index (χ3v) is 8.34. The van der Waals surface area contributed by atoms with Crippen LogP contribution in [0.25, 0.3) is 0 Å². The molecule has 0 saturated carbocycles. The molecule has 1 unspecified atom stereocenters. The molecule has 2 amide bonds. The van der Waals surface area contributed by atoms with Crippen LogP contribution in [0.15, 0.2) is 39.6 Å². The first-order valence-electron chi connectivity index (χ1n) is 9.60. The van der Waals surface area contributed by atoms with E-state index in [2.05, 4.69) is 15.7 Å². The minimum absolute atomic E-state index is 0.502. The highest BCUT2D eigenvalue weighted by Gasteiger charge is 2.31. The summed E-state index contributed by atoms with van der Waals surface area (Å²) in [5, 5.41) is 3.03. The van der Waals surface area contributed by atoms with Gasteiger partial charge in [-0.05, 0) is 72.4 Å².